The molecule has 0 bridgehead atoms. The number of hydrogen-bond donors (Lipinski definition) is 0. The van der Waals surface area contributed by atoms with Crippen molar-refractivity contribution < 1.29 is 60.1 Å². The van der Waals surface area contributed by atoms with Crippen LogP contribution in [-0.4, -0.2) is 25.9 Å². The molecule has 4 rings (SSSR count). The predicted octanol–water partition coefficient (Wildman–Crippen LogP) is 0.391. The van der Waals surface area contributed by atoms with Gasteiger partial charge in [0.15, 0.2) is 15.1 Å². The van der Waals surface area contributed by atoms with Gasteiger partial charge in [-0.15, -0.1) is 0 Å². The van der Waals surface area contributed by atoms with E-state index >= 15 is 0 Å². The number of rotatable bonds is 6. The maximum Gasteiger partial charge on any atom is 1.00 e. The summed E-state index contributed by atoms with van der Waals surface area (Å²) in [4.78, 5) is 1.23. The zero-order chi connectivity index (χ0) is 25.9. The number of aromatic nitrogens is 1. The molecule has 0 atom stereocenters. The van der Waals surface area contributed by atoms with E-state index in [-0.39, 0.29) is 29.6 Å². The summed E-state index contributed by atoms with van der Waals surface area (Å²) in [5, 5.41) is 0.0773. The summed E-state index contributed by atoms with van der Waals surface area (Å²) >= 11 is 0. The van der Waals surface area contributed by atoms with Gasteiger partial charge in [-0.05, 0) is 48.2 Å². The second-order valence-electron chi connectivity index (χ2n) is 7.67. The molecule has 1 aliphatic heterocycles. The van der Waals surface area contributed by atoms with Gasteiger partial charge in [0.25, 0.3) is 0 Å². The molecule has 2 heterocycles. The van der Waals surface area contributed by atoms with E-state index in [9.17, 15) is 25.9 Å². The molecule has 1 aromatic heterocycles. The largest absolute Gasteiger partial charge is 1.00 e. The zero-order valence-electron chi connectivity index (χ0n) is 19.7. The van der Waals surface area contributed by atoms with E-state index < -0.39 is 31.1 Å². The van der Waals surface area contributed by atoms with Crippen molar-refractivity contribution in [3.8, 4) is 0 Å². The Labute approximate surface area is 237 Å². The van der Waals surface area contributed by atoms with Crippen LogP contribution in [0.4, 0.5) is 5.69 Å². The number of pyridine rings is 1. The molecule has 37 heavy (non-hydrogen) atoms. The van der Waals surface area contributed by atoms with E-state index in [4.69, 9.17) is 0 Å². The molecule has 0 spiro atoms. The summed E-state index contributed by atoms with van der Waals surface area (Å²) in [6.07, 6.45) is 8.08. The summed E-state index contributed by atoms with van der Waals surface area (Å²) in [6.45, 7) is 3.34. The average molecular weight is 543 g/mol. The monoisotopic (exact) mass is 542 g/mol. The first kappa shape index (κ1) is 28.6. The minimum Gasteiger partial charge on any atom is -0.743 e. The minimum absolute atomic E-state index is 0. The molecule has 0 N–H and O–H groups in total. The molecule has 0 saturated carbocycles. The molecule has 3 aromatic rings. The van der Waals surface area contributed by atoms with Gasteiger partial charge < -0.3 is 9.11 Å². The van der Waals surface area contributed by atoms with Gasteiger partial charge in [0.1, 0.15) is 10.1 Å². The van der Waals surface area contributed by atoms with Crippen molar-refractivity contribution in [2.75, 3.05) is 4.90 Å². The van der Waals surface area contributed by atoms with Crippen molar-refractivity contribution in [3.05, 3.63) is 119 Å². The maximum absolute atomic E-state index is 12.0. The van der Waals surface area contributed by atoms with Crippen LogP contribution in [0.5, 0.6) is 0 Å². The molecule has 0 amide bonds. The van der Waals surface area contributed by atoms with Crippen LogP contribution >= 0.6 is 0 Å². The molecule has 11 heteroatoms. The van der Waals surface area contributed by atoms with Gasteiger partial charge >= 0.3 is 29.6 Å². The van der Waals surface area contributed by atoms with Crippen molar-refractivity contribution in [1.29, 1.82) is 0 Å². The summed E-state index contributed by atoms with van der Waals surface area (Å²) in [6, 6.07) is 17.4. The third-order valence-corrected chi connectivity index (χ3v) is 6.63. The molecule has 0 saturated heterocycles. The van der Waals surface area contributed by atoms with Crippen molar-refractivity contribution in [3.63, 3.8) is 0 Å². The molecular formula is C26H19N2NaO6S2. The van der Waals surface area contributed by atoms with Gasteiger partial charge in [-0.2, -0.15) is 4.57 Å². The number of benzene rings is 2. The Hall–Kier alpha value is -3.01. The van der Waals surface area contributed by atoms with Crippen LogP contribution in [0.3, 0.4) is 0 Å². The average Bonchev–Trinajstić information content (AvgIpc) is 2.82. The molecule has 2 aromatic carbocycles. The fraction of sp³-hybridized carbons (Fsp3) is 0.0385. The van der Waals surface area contributed by atoms with E-state index in [0.29, 0.717) is 28.2 Å². The van der Waals surface area contributed by atoms with Crippen LogP contribution in [0.1, 0.15) is 11.3 Å². The quantitative estimate of drug-likeness (QED) is 0.191. The Kier molecular flexibility index (Phi) is 8.94. The van der Waals surface area contributed by atoms with Crippen LogP contribution in [0.2, 0.25) is 0 Å². The number of allylic oxidation sites excluding steroid dienone is 3. The number of anilines is 1. The number of nitrogens with zero attached hydrogens (tertiary/aromatic N) is 2. The summed E-state index contributed by atoms with van der Waals surface area (Å²) < 4.78 is 72.2. The Morgan fingerprint density at radius 2 is 1.68 bits per heavy atom. The molecule has 8 nitrogen and oxygen atoms in total. The molecule has 182 valence electrons. The smallest absolute Gasteiger partial charge is 0.743 e. The van der Waals surface area contributed by atoms with Crippen molar-refractivity contribution >= 4 is 49.0 Å². The van der Waals surface area contributed by atoms with Crippen molar-refractivity contribution in [2.45, 2.75) is 5.88 Å². The number of fused-ring (bicyclic) bond motifs is 2. The SMILES string of the molecule is C=C=C=C(N1C(=CC=Cc2ccc3ccccc3[n+]2CS(=O)(=O)[O-])C=Cc2ccccc21)S(=O)(=O)[O-].[Na+]. The predicted molar refractivity (Wildman–Crippen MR) is 135 cm³/mol. The van der Waals surface area contributed by atoms with E-state index in [2.05, 4.69) is 18.0 Å². The van der Waals surface area contributed by atoms with Gasteiger partial charge in [0.2, 0.25) is 17.1 Å². The first-order valence-electron chi connectivity index (χ1n) is 10.5. The van der Waals surface area contributed by atoms with Gasteiger partial charge in [-0.3, -0.25) is 4.90 Å². The third-order valence-electron chi connectivity index (χ3n) is 5.30. The zero-order valence-corrected chi connectivity index (χ0v) is 23.4. The Balaban J connectivity index is 0.00000380. The molecule has 0 unspecified atom stereocenters. The van der Waals surface area contributed by atoms with Crippen molar-refractivity contribution in [2.24, 2.45) is 0 Å². The maximum atomic E-state index is 12.0. The van der Waals surface area contributed by atoms with E-state index in [0.717, 1.165) is 5.39 Å². The molecule has 0 radical (unpaired) electrons. The van der Waals surface area contributed by atoms with Crippen LogP contribution < -0.4 is 39.0 Å². The first-order valence-corrected chi connectivity index (χ1v) is 13.5. The van der Waals surface area contributed by atoms with Gasteiger partial charge in [-0.25, -0.2) is 16.8 Å². The number of hydrogen-bond acceptors (Lipinski definition) is 7. The standard InChI is InChI=1S/C26H20N2O6S2.Na/c1-2-8-26(36(32,33)34)28-23(18-16-21-10-4-6-14-25(21)28)12-7-11-22-17-15-20-9-3-5-13-24(20)27(22)19-35(29,30)31;/h3-7,9-18H,1,19H2,(H-,29,30,31,32,33,34);/q;+1/p-1. The van der Waals surface area contributed by atoms with Crippen molar-refractivity contribution in [1.82, 2.24) is 0 Å². The van der Waals surface area contributed by atoms with E-state index in [1.54, 1.807) is 91.0 Å². The van der Waals surface area contributed by atoms with Gasteiger partial charge in [0.05, 0.1) is 5.69 Å². The van der Waals surface area contributed by atoms with Gasteiger partial charge in [0, 0.05) is 29.3 Å². The summed E-state index contributed by atoms with van der Waals surface area (Å²) in [7, 11) is -9.55. The normalized spacial score (nSPS) is 14.2. The fourth-order valence-corrected chi connectivity index (χ4v) is 5.08. The second kappa shape index (κ2) is 11.6. The van der Waals surface area contributed by atoms with Crippen LogP contribution in [-0.2, 0) is 26.1 Å². The second-order valence-corrected chi connectivity index (χ2v) is 10.3. The Morgan fingerprint density at radius 3 is 2.38 bits per heavy atom. The van der Waals surface area contributed by atoms with Crippen LogP contribution in [0.15, 0.2) is 108 Å². The molecule has 0 fully saturated rings. The Bertz CT molecular complexity index is 1760. The van der Waals surface area contributed by atoms with E-state index in [1.807, 2.05) is 0 Å². The number of para-hydroxylation sites is 2. The van der Waals surface area contributed by atoms with Gasteiger partial charge in [-0.1, -0.05) is 48.2 Å². The molecular weight excluding hydrogens is 523 g/mol. The minimum atomic E-state index is -4.96. The van der Waals surface area contributed by atoms with Crippen LogP contribution in [0.25, 0.3) is 23.1 Å². The summed E-state index contributed by atoms with van der Waals surface area (Å²) in [5.74, 6) is -0.768. The molecule has 0 aliphatic carbocycles. The van der Waals surface area contributed by atoms with E-state index in [1.165, 1.54) is 9.47 Å². The summed E-state index contributed by atoms with van der Waals surface area (Å²) in [5.41, 5.74) is 6.96. The van der Waals surface area contributed by atoms with Crippen LogP contribution in [0, 0.1) is 0 Å². The Morgan fingerprint density at radius 1 is 0.973 bits per heavy atom. The topological polar surface area (TPSA) is 122 Å². The fourth-order valence-electron chi connectivity index (χ4n) is 3.85. The molecule has 1 aliphatic rings. The first-order chi connectivity index (χ1) is 17.1. The third kappa shape index (κ3) is 6.66.